The number of imidazole rings is 1. The maximum atomic E-state index is 12.6. The molecule has 10 heteroatoms. The molecule has 3 heterocycles. The number of aromatic nitrogens is 3. The van der Waals surface area contributed by atoms with E-state index in [0.717, 1.165) is 0 Å². The zero-order valence-electron chi connectivity index (χ0n) is 14.6. The van der Waals surface area contributed by atoms with Crippen LogP contribution in [0.3, 0.4) is 0 Å². The highest BCUT2D eigenvalue weighted by Crippen LogP contribution is 2.18. The van der Waals surface area contributed by atoms with Gasteiger partial charge in [-0.1, -0.05) is 0 Å². The molecule has 26 heavy (non-hydrogen) atoms. The lowest BCUT2D eigenvalue weighted by molar-refractivity contribution is 0.0918. The van der Waals surface area contributed by atoms with Gasteiger partial charge < -0.3 is 10.1 Å². The standard InChI is InChI=1S/C16H21N5O4S/c1-25-13-9-14(19-15(10-13)20-8-5-17-11-20)16(22)18-12-3-6-21(7-4-12)26(2,23)24/h5,8-12H,3-4,6-7H2,1-2H3,(H,18,22). The van der Waals surface area contributed by atoms with Gasteiger partial charge in [0.15, 0.2) is 0 Å². The third kappa shape index (κ3) is 4.20. The fourth-order valence-corrected chi connectivity index (χ4v) is 3.72. The number of nitrogens with one attached hydrogen (secondary N) is 1. The minimum absolute atomic E-state index is 0.0924. The fraction of sp³-hybridized carbons (Fsp3) is 0.438. The highest BCUT2D eigenvalue weighted by Gasteiger charge is 2.26. The molecule has 0 saturated carbocycles. The largest absolute Gasteiger partial charge is 0.497 e. The van der Waals surface area contributed by atoms with Crippen LogP contribution < -0.4 is 10.1 Å². The Balaban J connectivity index is 1.71. The number of pyridine rings is 1. The summed E-state index contributed by atoms with van der Waals surface area (Å²) in [5.74, 6) is 0.725. The van der Waals surface area contributed by atoms with Crippen LogP contribution in [0.15, 0.2) is 30.9 Å². The molecule has 140 valence electrons. The topological polar surface area (TPSA) is 106 Å². The summed E-state index contributed by atoms with van der Waals surface area (Å²) in [5, 5.41) is 2.93. The van der Waals surface area contributed by atoms with E-state index in [1.165, 1.54) is 17.7 Å². The number of hydrogen-bond acceptors (Lipinski definition) is 6. The smallest absolute Gasteiger partial charge is 0.270 e. The Morgan fingerprint density at radius 3 is 2.62 bits per heavy atom. The number of piperidine rings is 1. The van der Waals surface area contributed by atoms with E-state index in [0.29, 0.717) is 37.5 Å². The minimum Gasteiger partial charge on any atom is -0.497 e. The molecule has 0 atom stereocenters. The van der Waals surface area contributed by atoms with E-state index in [1.807, 2.05) is 0 Å². The second-order valence-corrected chi connectivity index (χ2v) is 8.11. The Morgan fingerprint density at radius 2 is 2.04 bits per heavy atom. The number of nitrogens with zero attached hydrogens (tertiary/aromatic N) is 4. The van der Waals surface area contributed by atoms with Crippen molar-refractivity contribution in [3.05, 3.63) is 36.5 Å². The van der Waals surface area contributed by atoms with Crippen molar-refractivity contribution in [2.75, 3.05) is 26.5 Å². The third-order valence-electron chi connectivity index (χ3n) is 4.28. The summed E-state index contributed by atoms with van der Waals surface area (Å²) >= 11 is 0. The Kier molecular flexibility index (Phi) is 5.23. The van der Waals surface area contributed by atoms with Gasteiger partial charge in [0.25, 0.3) is 5.91 Å². The minimum atomic E-state index is -3.19. The third-order valence-corrected chi connectivity index (χ3v) is 5.58. The number of sulfonamides is 1. The average molecular weight is 379 g/mol. The first-order valence-electron chi connectivity index (χ1n) is 8.17. The van der Waals surface area contributed by atoms with Crippen LogP contribution >= 0.6 is 0 Å². The maximum absolute atomic E-state index is 12.6. The summed E-state index contributed by atoms with van der Waals surface area (Å²) in [6, 6.07) is 3.19. The van der Waals surface area contributed by atoms with Gasteiger partial charge in [0, 0.05) is 43.7 Å². The molecular formula is C16H21N5O4S. The predicted molar refractivity (Wildman–Crippen MR) is 94.8 cm³/mol. The average Bonchev–Trinajstić information content (AvgIpc) is 3.15. The van der Waals surface area contributed by atoms with Gasteiger partial charge in [-0.15, -0.1) is 0 Å². The van der Waals surface area contributed by atoms with Gasteiger partial charge in [-0.3, -0.25) is 9.36 Å². The maximum Gasteiger partial charge on any atom is 0.270 e. The SMILES string of the molecule is COc1cc(C(=O)NC2CCN(S(C)(=O)=O)CC2)nc(-n2ccnc2)c1. The zero-order chi connectivity index (χ0) is 18.7. The van der Waals surface area contributed by atoms with Gasteiger partial charge in [-0.05, 0) is 12.8 Å². The monoisotopic (exact) mass is 379 g/mol. The molecule has 1 aliphatic rings. The predicted octanol–water partition coefficient (Wildman–Crippen LogP) is 0.430. The summed E-state index contributed by atoms with van der Waals surface area (Å²) in [6.45, 7) is 0.797. The van der Waals surface area contributed by atoms with Crippen molar-refractivity contribution in [2.45, 2.75) is 18.9 Å². The molecule has 2 aromatic rings. The highest BCUT2D eigenvalue weighted by atomic mass is 32.2. The molecule has 3 rings (SSSR count). The van der Waals surface area contributed by atoms with E-state index in [1.54, 1.807) is 35.4 Å². The molecule has 1 saturated heterocycles. The number of carbonyl (C=O) groups is 1. The highest BCUT2D eigenvalue weighted by molar-refractivity contribution is 7.88. The van der Waals surface area contributed by atoms with Gasteiger partial charge >= 0.3 is 0 Å². The van der Waals surface area contributed by atoms with Gasteiger partial charge in [-0.25, -0.2) is 22.7 Å². The molecule has 1 amide bonds. The first-order chi connectivity index (χ1) is 12.4. The molecule has 1 N–H and O–H groups in total. The Bertz CT molecular complexity index is 874. The molecule has 1 aliphatic heterocycles. The molecule has 0 spiro atoms. The molecule has 1 fully saturated rings. The van der Waals surface area contributed by atoms with E-state index in [-0.39, 0.29) is 17.6 Å². The second-order valence-electron chi connectivity index (χ2n) is 6.13. The van der Waals surface area contributed by atoms with Gasteiger partial charge in [-0.2, -0.15) is 0 Å². The summed E-state index contributed by atoms with van der Waals surface area (Å²) in [4.78, 5) is 20.9. The summed E-state index contributed by atoms with van der Waals surface area (Å²) in [7, 11) is -1.66. The first-order valence-corrected chi connectivity index (χ1v) is 10.0. The van der Waals surface area contributed by atoms with Crippen molar-refractivity contribution in [3.8, 4) is 11.6 Å². The molecular weight excluding hydrogens is 358 g/mol. The Morgan fingerprint density at radius 1 is 1.31 bits per heavy atom. The molecule has 0 unspecified atom stereocenters. The molecule has 9 nitrogen and oxygen atoms in total. The van der Waals surface area contributed by atoms with E-state index in [4.69, 9.17) is 4.74 Å². The summed E-state index contributed by atoms with van der Waals surface area (Å²) in [5.41, 5.74) is 0.235. The number of ether oxygens (including phenoxy) is 1. The normalized spacial score (nSPS) is 16.4. The van der Waals surface area contributed by atoms with Crippen LogP contribution in [0.25, 0.3) is 5.82 Å². The van der Waals surface area contributed by atoms with Crippen molar-refractivity contribution in [2.24, 2.45) is 0 Å². The quantitative estimate of drug-likeness (QED) is 0.807. The summed E-state index contributed by atoms with van der Waals surface area (Å²) in [6.07, 6.45) is 7.27. The van der Waals surface area contributed by atoms with Crippen LogP contribution in [0.2, 0.25) is 0 Å². The number of hydrogen-bond donors (Lipinski definition) is 1. The fourth-order valence-electron chi connectivity index (χ4n) is 2.84. The van der Waals surface area contributed by atoms with Crippen molar-refractivity contribution < 1.29 is 17.9 Å². The van der Waals surface area contributed by atoms with Crippen LogP contribution in [0.1, 0.15) is 23.3 Å². The number of amides is 1. The Labute approximate surface area is 152 Å². The summed E-state index contributed by atoms with van der Waals surface area (Å²) < 4.78 is 31.5. The van der Waals surface area contributed by atoms with E-state index in [9.17, 15) is 13.2 Å². The number of rotatable bonds is 5. The number of carbonyl (C=O) groups excluding carboxylic acids is 1. The lowest BCUT2D eigenvalue weighted by atomic mass is 10.1. The van der Waals surface area contributed by atoms with Crippen molar-refractivity contribution in [1.82, 2.24) is 24.2 Å². The lowest BCUT2D eigenvalue weighted by Gasteiger charge is -2.30. The zero-order valence-corrected chi connectivity index (χ0v) is 15.4. The van der Waals surface area contributed by atoms with Crippen LogP contribution in [-0.4, -0.2) is 65.7 Å². The van der Waals surface area contributed by atoms with E-state index < -0.39 is 10.0 Å². The van der Waals surface area contributed by atoms with Gasteiger partial charge in [0.2, 0.25) is 10.0 Å². The second kappa shape index (κ2) is 7.42. The van der Waals surface area contributed by atoms with E-state index in [2.05, 4.69) is 15.3 Å². The van der Waals surface area contributed by atoms with Gasteiger partial charge in [0.05, 0.1) is 13.4 Å². The van der Waals surface area contributed by atoms with Crippen molar-refractivity contribution >= 4 is 15.9 Å². The molecule has 0 aromatic carbocycles. The van der Waals surface area contributed by atoms with Gasteiger partial charge in [0.1, 0.15) is 23.6 Å². The van der Waals surface area contributed by atoms with E-state index >= 15 is 0 Å². The molecule has 0 radical (unpaired) electrons. The van der Waals surface area contributed by atoms with Crippen LogP contribution in [-0.2, 0) is 10.0 Å². The van der Waals surface area contributed by atoms with Crippen LogP contribution in [0.4, 0.5) is 0 Å². The van der Waals surface area contributed by atoms with Crippen LogP contribution in [0.5, 0.6) is 5.75 Å². The first kappa shape index (κ1) is 18.3. The van der Waals surface area contributed by atoms with Crippen molar-refractivity contribution in [3.63, 3.8) is 0 Å². The van der Waals surface area contributed by atoms with Crippen LogP contribution in [0, 0.1) is 0 Å². The molecule has 2 aromatic heterocycles. The Hall–Kier alpha value is -2.46. The molecule has 0 bridgehead atoms. The number of methoxy groups -OCH3 is 1. The lowest BCUT2D eigenvalue weighted by Crippen LogP contribution is -2.46. The van der Waals surface area contributed by atoms with Crippen molar-refractivity contribution in [1.29, 1.82) is 0 Å². The molecule has 0 aliphatic carbocycles.